The first kappa shape index (κ1) is 25.0. The van der Waals surface area contributed by atoms with Gasteiger partial charge < -0.3 is 9.47 Å². The number of rotatable bonds is 5. The number of allylic oxidation sites excluding steroid dienone is 1. The van der Waals surface area contributed by atoms with Gasteiger partial charge in [0.15, 0.2) is 4.80 Å². The number of benzene rings is 2. The summed E-state index contributed by atoms with van der Waals surface area (Å²) in [5.41, 5.74) is 1.89. The molecule has 3 aromatic rings. The molecule has 1 aliphatic heterocycles. The van der Waals surface area contributed by atoms with E-state index in [0.29, 0.717) is 20.6 Å². The molecule has 0 fully saturated rings. The van der Waals surface area contributed by atoms with E-state index < -0.39 is 17.8 Å². The van der Waals surface area contributed by atoms with Crippen LogP contribution in [0.15, 0.2) is 57.5 Å². The Bertz CT molecular complexity index is 1470. The van der Waals surface area contributed by atoms with Crippen LogP contribution in [0.5, 0.6) is 5.75 Å². The molecule has 0 saturated carbocycles. The molecule has 0 spiro atoms. The van der Waals surface area contributed by atoms with Gasteiger partial charge >= 0.3 is 5.97 Å². The van der Waals surface area contributed by atoms with Crippen molar-refractivity contribution in [2.45, 2.75) is 19.9 Å². The van der Waals surface area contributed by atoms with Gasteiger partial charge in [-0.3, -0.25) is 9.36 Å². The van der Waals surface area contributed by atoms with Gasteiger partial charge in [0.1, 0.15) is 11.6 Å². The Morgan fingerprint density at radius 2 is 1.88 bits per heavy atom. The number of methoxy groups -OCH3 is 1. The van der Waals surface area contributed by atoms with Gasteiger partial charge in [-0.05, 0) is 100 Å². The van der Waals surface area contributed by atoms with Crippen LogP contribution in [0.1, 0.15) is 31.0 Å². The fraction of sp³-hybridized carbons (Fsp3) is 0.208. The molecule has 1 aromatic heterocycles. The van der Waals surface area contributed by atoms with E-state index in [1.165, 1.54) is 28.0 Å². The zero-order valence-corrected chi connectivity index (χ0v) is 23.5. The molecule has 0 amide bonds. The smallest absolute Gasteiger partial charge is 0.338 e. The summed E-state index contributed by atoms with van der Waals surface area (Å²) < 4.78 is 28.2. The van der Waals surface area contributed by atoms with Crippen LogP contribution in [0.25, 0.3) is 6.08 Å². The number of halogens is 3. The highest BCUT2D eigenvalue weighted by molar-refractivity contribution is 14.1. The van der Waals surface area contributed by atoms with Crippen molar-refractivity contribution < 1.29 is 18.7 Å². The first-order valence-electron chi connectivity index (χ1n) is 10.2. The number of carbonyl (C=O) groups is 1. The van der Waals surface area contributed by atoms with E-state index in [2.05, 4.69) is 50.2 Å². The minimum atomic E-state index is -0.769. The maximum absolute atomic E-state index is 13.6. The Hall–Kier alpha value is -2.06. The number of hydrogen-bond donors (Lipinski definition) is 0. The van der Waals surface area contributed by atoms with E-state index in [4.69, 9.17) is 9.47 Å². The van der Waals surface area contributed by atoms with Gasteiger partial charge in [0.05, 0.1) is 42.7 Å². The Morgan fingerprint density at radius 1 is 1.24 bits per heavy atom. The number of aromatic nitrogens is 1. The Labute approximate surface area is 226 Å². The minimum absolute atomic E-state index is 0.185. The fourth-order valence-corrected chi connectivity index (χ4v) is 7.06. The summed E-state index contributed by atoms with van der Waals surface area (Å²) in [7, 11) is 1.62. The molecule has 1 aliphatic rings. The Morgan fingerprint density at radius 3 is 2.47 bits per heavy atom. The number of nitrogens with zero attached hydrogens (tertiary/aromatic N) is 2. The third-order valence-corrected chi connectivity index (χ3v) is 7.81. The van der Waals surface area contributed by atoms with Gasteiger partial charge in [-0.2, -0.15) is 0 Å². The van der Waals surface area contributed by atoms with Gasteiger partial charge in [-0.1, -0.05) is 23.5 Å². The zero-order valence-electron chi connectivity index (χ0n) is 18.4. The van der Waals surface area contributed by atoms with Crippen molar-refractivity contribution in [2.24, 2.45) is 4.99 Å². The quantitative estimate of drug-likeness (QED) is 0.296. The van der Waals surface area contributed by atoms with E-state index in [-0.39, 0.29) is 17.7 Å². The first-order chi connectivity index (χ1) is 16.2. The molecule has 34 heavy (non-hydrogen) atoms. The lowest BCUT2D eigenvalue weighted by molar-refractivity contribution is -0.139. The van der Waals surface area contributed by atoms with Crippen molar-refractivity contribution in [1.29, 1.82) is 0 Å². The Kier molecular flexibility index (Phi) is 7.57. The summed E-state index contributed by atoms with van der Waals surface area (Å²) >= 11 is 5.64. The summed E-state index contributed by atoms with van der Waals surface area (Å²) in [6.07, 6.45) is 1.80. The number of fused-ring (bicyclic) bond motifs is 1. The van der Waals surface area contributed by atoms with Gasteiger partial charge in [0.25, 0.3) is 5.56 Å². The van der Waals surface area contributed by atoms with Crippen LogP contribution in [-0.4, -0.2) is 24.3 Å². The lowest BCUT2D eigenvalue weighted by atomic mass is 9.96. The van der Waals surface area contributed by atoms with Crippen LogP contribution in [0.4, 0.5) is 4.39 Å². The molecule has 176 valence electrons. The molecule has 2 aromatic carbocycles. The maximum Gasteiger partial charge on any atom is 0.338 e. The largest absolute Gasteiger partial charge is 0.495 e. The fourth-order valence-electron chi connectivity index (χ4n) is 3.76. The number of carbonyl (C=O) groups excluding carboxylic acids is 1. The van der Waals surface area contributed by atoms with Crippen molar-refractivity contribution in [2.75, 3.05) is 13.7 Å². The second-order valence-corrected chi connectivity index (χ2v) is 10.7. The number of hydrogen-bond acceptors (Lipinski definition) is 6. The second-order valence-electron chi connectivity index (χ2n) is 7.37. The molecule has 0 saturated heterocycles. The number of esters is 1. The van der Waals surface area contributed by atoms with E-state index in [9.17, 15) is 14.0 Å². The molecule has 6 nitrogen and oxygen atoms in total. The van der Waals surface area contributed by atoms with E-state index in [1.54, 1.807) is 39.2 Å². The van der Waals surface area contributed by atoms with E-state index >= 15 is 0 Å². The summed E-state index contributed by atoms with van der Waals surface area (Å²) in [5.74, 6) is -0.171. The van der Waals surface area contributed by atoms with E-state index in [1.807, 2.05) is 12.1 Å². The summed E-state index contributed by atoms with van der Waals surface area (Å²) in [6.45, 7) is 3.62. The average Bonchev–Trinajstić information content (AvgIpc) is 3.08. The Balaban J connectivity index is 1.94. The summed E-state index contributed by atoms with van der Waals surface area (Å²) in [5, 5.41) is 0. The highest BCUT2D eigenvalue weighted by Crippen LogP contribution is 2.31. The number of thiazole rings is 1. The molecule has 2 heterocycles. The summed E-state index contributed by atoms with van der Waals surface area (Å²) in [4.78, 5) is 31.5. The van der Waals surface area contributed by atoms with Gasteiger partial charge in [0.2, 0.25) is 0 Å². The van der Waals surface area contributed by atoms with Gasteiger partial charge in [-0.25, -0.2) is 14.2 Å². The molecular formula is C24H19FI2N2O4S. The van der Waals surface area contributed by atoms with Gasteiger partial charge in [-0.15, -0.1) is 0 Å². The maximum atomic E-state index is 13.6. The normalized spacial score (nSPS) is 15.7. The molecule has 10 heteroatoms. The lowest BCUT2D eigenvalue weighted by Gasteiger charge is -2.24. The standard InChI is InChI=1S/C24H19FI2N2O4S/c1-4-33-23(31)19-12(2)28-24-29(20(19)14-5-7-15(25)8-6-14)22(30)18(34-24)11-13-9-16(26)21(32-3)17(27)10-13/h5-11,20H,4H2,1-3H3/b18-11-. The summed E-state index contributed by atoms with van der Waals surface area (Å²) in [6, 6.07) is 8.87. The molecule has 0 aliphatic carbocycles. The zero-order chi connectivity index (χ0) is 24.6. The molecule has 1 unspecified atom stereocenters. The van der Waals surface area contributed by atoms with Crippen molar-refractivity contribution in [3.63, 3.8) is 0 Å². The van der Waals surface area contributed by atoms with Crippen LogP contribution in [0.3, 0.4) is 0 Å². The predicted octanol–water partition coefficient (Wildman–Crippen LogP) is 4.16. The van der Waals surface area contributed by atoms with Crippen molar-refractivity contribution >= 4 is 68.6 Å². The van der Waals surface area contributed by atoms with Crippen LogP contribution < -0.4 is 19.6 Å². The predicted molar refractivity (Wildman–Crippen MR) is 145 cm³/mol. The van der Waals surface area contributed by atoms with E-state index in [0.717, 1.165) is 18.5 Å². The third kappa shape index (κ3) is 4.71. The van der Waals surface area contributed by atoms with Crippen LogP contribution in [0.2, 0.25) is 0 Å². The first-order valence-corrected chi connectivity index (χ1v) is 13.2. The molecular weight excluding hydrogens is 685 g/mol. The highest BCUT2D eigenvalue weighted by Gasteiger charge is 2.33. The molecule has 4 rings (SSSR count). The SMILES string of the molecule is CCOC(=O)C1=C(C)N=c2s/c(=C\c3cc(I)c(OC)c(I)c3)c(=O)n2C1c1ccc(F)cc1. The topological polar surface area (TPSA) is 69.9 Å². The second kappa shape index (κ2) is 10.3. The lowest BCUT2D eigenvalue weighted by Crippen LogP contribution is -2.39. The molecule has 0 N–H and O–H groups in total. The third-order valence-electron chi connectivity index (χ3n) is 5.23. The molecule has 0 radical (unpaired) electrons. The van der Waals surface area contributed by atoms with Crippen molar-refractivity contribution in [3.8, 4) is 5.75 Å². The molecule has 1 atom stereocenters. The van der Waals surface area contributed by atoms with Gasteiger partial charge in [0, 0.05) is 0 Å². The van der Waals surface area contributed by atoms with Crippen LogP contribution >= 0.6 is 56.5 Å². The highest BCUT2D eigenvalue weighted by atomic mass is 127. The average molecular weight is 704 g/mol. The van der Waals surface area contributed by atoms with Crippen molar-refractivity contribution in [3.05, 3.63) is 91.4 Å². The molecule has 0 bridgehead atoms. The van der Waals surface area contributed by atoms with Crippen molar-refractivity contribution in [1.82, 2.24) is 4.57 Å². The monoisotopic (exact) mass is 704 g/mol. The van der Waals surface area contributed by atoms with Crippen LogP contribution in [-0.2, 0) is 9.53 Å². The van der Waals surface area contributed by atoms with Crippen LogP contribution in [0, 0.1) is 13.0 Å². The number of ether oxygens (including phenoxy) is 2. The minimum Gasteiger partial charge on any atom is -0.495 e.